The number of hydrogen-bond acceptors (Lipinski definition) is 2. The number of hydrogen-bond donors (Lipinski definition) is 1. The number of aromatic nitrogens is 2. The van der Waals surface area contributed by atoms with Gasteiger partial charge in [-0.2, -0.15) is 13.2 Å². The van der Waals surface area contributed by atoms with Gasteiger partial charge in [-0.1, -0.05) is 35.9 Å². The van der Waals surface area contributed by atoms with Gasteiger partial charge in [-0.05, 0) is 54.4 Å². The summed E-state index contributed by atoms with van der Waals surface area (Å²) < 4.78 is 43.4. The lowest BCUT2D eigenvalue weighted by atomic mass is 10.0. The van der Waals surface area contributed by atoms with Crippen molar-refractivity contribution in [2.45, 2.75) is 19.7 Å². The van der Waals surface area contributed by atoms with E-state index in [-0.39, 0.29) is 6.61 Å². The first-order chi connectivity index (χ1) is 13.4. The maximum absolute atomic E-state index is 12.6. The average Bonchev–Trinajstić information content (AvgIpc) is 3.09. The number of rotatable bonds is 4. The van der Waals surface area contributed by atoms with Crippen molar-refractivity contribution in [1.82, 2.24) is 9.97 Å². The highest BCUT2D eigenvalue weighted by molar-refractivity contribution is 5.82. The van der Waals surface area contributed by atoms with Gasteiger partial charge < -0.3 is 9.72 Å². The molecule has 3 aromatic carbocycles. The highest BCUT2D eigenvalue weighted by Gasteiger charge is 2.30. The number of halogens is 3. The largest absolute Gasteiger partial charge is 0.486 e. The summed E-state index contributed by atoms with van der Waals surface area (Å²) >= 11 is 0. The van der Waals surface area contributed by atoms with E-state index < -0.39 is 11.7 Å². The molecule has 0 fully saturated rings. The van der Waals surface area contributed by atoms with Crippen LogP contribution in [0, 0.1) is 6.92 Å². The fourth-order valence-electron chi connectivity index (χ4n) is 2.94. The van der Waals surface area contributed by atoms with E-state index in [1.54, 1.807) is 0 Å². The first-order valence-electron chi connectivity index (χ1n) is 8.74. The number of nitrogens with zero attached hydrogens (tertiary/aromatic N) is 1. The van der Waals surface area contributed by atoms with E-state index in [0.717, 1.165) is 34.3 Å². The molecule has 0 atom stereocenters. The number of aryl methyl sites for hydroxylation is 1. The molecule has 0 aliphatic carbocycles. The third-order valence-electron chi connectivity index (χ3n) is 4.47. The lowest BCUT2D eigenvalue weighted by Gasteiger charge is -2.08. The Morgan fingerprint density at radius 3 is 2.25 bits per heavy atom. The second-order valence-corrected chi connectivity index (χ2v) is 6.59. The monoisotopic (exact) mass is 382 g/mol. The smallest absolute Gasteiger partial charge is 0.416 e. The van der Waals surface area contributed by atoms with Crippen LogP contribution >= 0.6 is 0 Å². The van der Waals surface area contributed by atoms with Crippen LogP contribution in [0.15, 0.2) is 66.7 Å². The molecule has 0 saturated carbocycles. The summed E-state index contributed by atoms with van der Waals surface area (Å²) in [5.41, 5.74) is 4.36. The van der Waals surface area contributed by atoms with Crippen LogP contribution in [0.1, 0.15) is 17.0 Å². The Bertz CT molecular complexity index is 1100. The van der Waals surface area contributed by atoms with Gasteiger partial charge >= 0.3 is 6.18 Å². The lowest BCUT2D eigenvalue weighted by molar-refractivity contribution is -0.137. The maximum Gasteiger partial charge on any atom is 0.416 e. The van der Waals surface area contributed by atoms with Gasteiger partial charge in [-0.15, -0.1) is 0 Å². The first kappa shape index (κ1) is 18.1. The van der Waals surface area contributed by atoms with Crippen molar-refractivity contribution in [2.24, 2.45) is 0 Å². The van der Waals surface area contributed by atoms with Crippen LogP contribution in [0.2, 0.25) is 0 Å². The second-order valence-electron chi connectivity index (χ2n) is 6.59. The molecule has 1 aromatic heterocycles. The van der Waals surface area contributed by atoms with Crippen LogP contribution in [0.25, 0.3) is 22.2 Å². The molecule has 0 saturated heterocycles. The number of fused-ring (bicyclic) bond motifs is 1. The summed E-state index contributed by atoms with van der Waals surface area (Å²) in [5.74, 6) is 0.963. The van der Waals surface area contributed by atoms with Crippen molar-refractivity contribution < 1.29 is 17.9 Å². The molecule has 0 bridgehead atoms. The van der Waals surface area contributed by atoms with Crippen LogP contribution in [0.4, 0.5) is 13.2 Å². The topological polar surface area (TPSA) is 37.9 Å². The van der Waals surface area contributed by atoms with Gasteiger partial charge in [0.1, 0.15) is 18.2 Å². The van der Waals surface area contributed by atoms with Crippen LogP contribution in [-0.2, 0) is 12.8 Å². The molecular formula is C22H17F3N2O. The molecule has 0 aliphatic rings. The Balaban J connectivity index is 1.49. The molecule has 0 unspecified atom stereocenters. The van der Waals surface area contributed by atoms with Gasteiger partial charge in [0, 0.05) is 0 Å². The first-order valence-corrected chi connectivity index (χ1v) is 8.74. The van der Waals surface area contributed by atoms with E-state index in [1.165, 1.54) is 17.7 Å². The predicted molar refractivity (Wildman–Crippen MR) is 102 cm³/mol. The van der Waals surface area contributed by atoms with Crippen LogP contribution in [0.3, 0.4) is 0 Å². The van der Waals surface area contributed by atoms with E-state index in [2.05, 4.69) is 34.2 Å². The van der Waals surface area contributed by atoms with E-state index in [4.69, 9.17) is 4.74 Å². The van der Waals surface area contributed by atoms with Crippen molar-refractivity contribution in [3.8, 4) is 16.9 Å². The molecular weight excluding hydrogens is 365 g/mol. The minimum Gasteiger partial charge on any atom is -0.486 e. The Morgan fingerprint density at radius 1 is 0.893 bits per heavy atom. The zero-order valence-corrected chi connectivity index (χ0v) is 15.0. The summed E-state index contributed by atoms with van der Waals surface area (Å²) in [6, 6.07) is 18.9. The van der Waals surface area contributed by atoms with E-state index in [1.807, 2.05) is 25.1 Å². The highest BCUT2D eigenvalue weighted by Crippen LogP contribution is 2.30. The van der Waals surface area contributed by atoms with Crippen LogP contribution in [-0.4, -0.2) is 9.97 Å². The highest BCUT2D eigenvalue weighted by atomic mass is 19.4. The predicted octanol–water partition coefficient (Wildman–Crippen LogP) is 6.14. The van der Waals surface area contributed by atoms with E-state index in [9.17, 15) is 13.2 Å². The summed E-state index contributed by atoms with van der Waals surface area (Å²) in [4.78, 5) is 7.70. The Morgan fingerprint density at radius 2 is 1.57 bits per heavy atom. The Kier molecular flexibility index (Phi) is 4.55. The number of nitrogens with one attached hydrogen (secondary N) is 1. The quantitative estimate of drug-likeness (QED) is 0.461. The van der Waals surface area contributed by atoms with Crippen molar-refractivity contribution in [1.29, 1.82) is 0 Å². The number of benzene rings is 3. The second kappa shape index (κ2) is 7.03. The summed E-state index contributed by atoms with van der Waals surface area (Å²) in [5, 5.41) is 0. The summed E-state index contributed by atoms with van der Waals surface area (Å²) in [7, 11) is 0. The maximum atomic E-state index is 12.6. The van der Waals surface area contributed by atoms with E-state index >= 15 is 0 Å². The summed E-state index contributed by atoms with van der Waals surface area (Å²) in [6.45, 7) is 2.18. The molecule has 3 nitrogen and oxygen atoms in total. The molecule has 0 aliphatic heterocycles. The molecule has 0 amide bonds. The minimum atomic E-state index is -4.35. The normalized spacial score (nSPS) is 11.7. The molecule has 4 rings (SSSR count). The van der Waals surface area contributed by atoms with Crippen molar-refractivity contribution >= 4 is 11.0 Å². The molecule has 1 N–H and O–H groups in total. The zero-order valence-electron chi connectivity index (χ0n) is 15.0. The summed E-state index contributed by atoms with van der Waals surface area (Å²) in [6.07, 6.45) is -4.35. The van der Waals surface area contributed by atoms with Gasteiger partial charge in [0.2, 0.25) is 0 Å². The van der Waals surface area contributed by atoms with Gasteiger partial charge in [0.05, 0.1) is 16.6 Å². The van der Waals surface area contributed by atoms with Crippen LogP contribution in [0.5, 0.6) is 5.75 Å². The van der Waals surface area contributed by atoms with Crippen molar-refractivity contribution in [2.75, 3.05) is 0 Å². The van der Waals surface area contributed by atoms with Gasteiger partial charge in [-0.25, -0.2) is 4.98 Å². The molecule has 0 radical (unpaired) electrons. The lowest BCUT2D eigenvalue weighted by Crippen LogP contribution is -2.04. The minimum absolute atomic E-state index is 0.139. The third kappa shape index (κ3) is 3.86. The fourth-order valence-corrected chi connectivity index (χ4v) is 2.94. The SMILES string of the molecule is Cc1ccc(-c2ccc3[nH]c(COc4ccc(C(F)(F)F)cc4)nc3c2)cc1. The van der Waals surface area contributed by atoms with E-state index in [0.29, 0.717) is 11.6 Å². The number of alkyl halides is 3. The molecule has 142 valence electrons. The van der Waals surface area contributed by atoms with Crippen LogP contribution < -0.4 is 4.74 Å². The number of imidazole rings is 1. The number of H-pyrrole nitrogens is 1. The standard InChI is InChI=1S/C22H17F3N2O/c1-14-2-4-15(5-3-14)16-6-11-19-20(12-16)27-21(26-19)13-28-18-9-7-17(8-10-18)22(23,24)25/h2-12H,13H2,1H3,(H,26,27). The molecule has 1 heterocycles. The fraction of sp³-hybridized carbons (Fsp3) is 0.136. The van der Waals surface area contributed by atoms with Gasteiger partial charge in [0.25, 0.3) is 0 Å². The number of ether oxygens (including phenoxy) is 1. The average molecular weight is 382 g/mol. The van der Waals surface area contributed by atoms with Gasteiger partial charge in [0.15, 0.2) is 0 Å². The van der Waals surface area contributed by atoms with Crippen molar-refractivity contribution in [3.05, 3.63) is 83.7 Å². The Labute approximate surface area is 159 Å². The molecule has 6 heteroatoms. The zero-order chi connectivity index (χ0) is 19.7. The van der Waals surface area contributed by atoms with Crippen molar-refractivity contribution in [3.63, 3.8) is 0 Å². The third-order valence-corrected chi connectivity index (χ3v) is 4.47. The van der Waals surface area contributed by atoms with Gasteiger partial charge in [-0.3, -0.25) is 0 Å². The Hall–Kier alpha value is -3.28. The molecule has 28 heavy (non-hydrogen) atoms. The number of aromatic amines is 1. The molecule has 0 spiro atoms. The molecule has 4 aromatic rings.